The van der Waals surface area contributed by atoms with Gasteiger partial charge in [-0.15, -0.1) is 11.3 Å². The molecule has 42 heavy (non-hydrogen) atoms. The Morgan fingerprint density at radius 1 is 1.07 bits per heavy atom. The lowest BCUT2D eigenvalue weighted by Crippen LogP contribution is -2.49. The van der Waals surface area contributed by atoms with Gasteiger partial charge in [0, 0.05) is 40.8 Å². The van der Waals surface area contributed by atoms with Crippen LogP contribution in [0.3, 0.4) is 0 Å². The molecule has 0 unspecified atom stereocenters. The quantitative estimate of drug-likeness (QED) is 0.243. The highest BCUT2D eigenvalue weighted by molar-refractivity contribution is 7.14. The minimum atomic E-state index is -0.639. The van der Waals surface area contributed by atoms with E-state index in [1.165, 1.54) is 11.3 Å². The van der Waals surface area contributed by atoms with Gasteiger partial charge in [-0.25, -0.2) is 0 Å². The van der Waals surface area contributed by atoms with Crippen molar-refractivity contribution in [2.24, 2.45) is 0 Å². The zero-order chi connectivity index (χ0) is 29.2. The van der Waals surface area contributed by atoms with Crippen molar-refractivity contribution >= 4 is 50.7 Å². The molecule has 3 N–H and O–H groups in total. The van der Waals surface area contributed by atoms with E-state index in [-0.39, 0.29) is 17.7 Å². The number of carbonyl (C=O) groups is 3. The van der Waals surface area contributed by atoms with Gasteiger partial charge in [-0.1, -0.05) is 37.3 Å². The molecule has 6 rings (SSSR count). The summed E-state index contributed by atoms with van der Waals surface area (Å²) < 4.78 is 5.48. The Hall–Kier alpha value is -4.70. The SMILES string of the molecule is CC[C@@H](NC(=O)c1ccc2[nH]ncc2c1)C(=O)N1CCc2sc(C(=O)NCc3cccc4c(OC)cccc34)cc2C1. The second-order valence-corrected chi connectivity index (χ2v) is 11.5. The molecular weight excluding hydrogens is 550 g/mol. The standard InChI is InChI=1S/C32H31N5O4S/c1-3-25(35-30(38)19-10-11-26-21(14-19)17-34-36-26)32(40)37-13-12-28-22(18-37)15-29(42-28)31(39)33-16-20-6-4-8-24-23(20)7-5-9-27(24)41-2/h4-11,14-15,17,25H,3,12-13,16,18H2,1-2H3,(H,33,39)(H,34,36)(H,35,38)/t25-/m1/s1. The lowest BCUT2D eigenvalue weighted by atomic mass is 10.0. The molecule has 0 spiro atoms. The normalized spacial score (nSPS) is 13.5. The summed E-state index contributed by atoms with van der Waals surface area (Å²) in [5.41, 5.74) is 3.31. The van der Waals surface area contributed by atoms with E-state index in [0.717, 1.165) is 43.4 Å². The summed E-state index contributed by atoms with van der Waals surface area (Å²) in [7, 11) is 1.65. The van der Waals surface area contributed by atoms with Gasteiger partial charge >= 0.3 is 0 Å². The molecule has 5 aromatic rings. The fraction of sp³-hybridized carbons (Fsp3) is 0.250. The highest BCUT2D eigenvalue weighted by atomic mass is 32.1. The third-order valence-electron chi connectivity index (χ3n) is 7.75. The molecule has 214 valence electrons. The number of hydrogen-bond acceptors (Lipinski definition) is 6. The van der Waals surface area contributed by atoms with E-state index in [2.05, 4.69) is 20.8 Å². The topological polar surface area (TPSA) is 116 Å². The number of hydrogen-bond donors (Lipinski definition) is 3. The monoisotopic (exact) mass is 581 g/mol. The van der Waals surface area contributed by atoms with E-state index in [9.17, 15) is 14.4 Å². The Kier molecular flexibility index (Phi) is 7.62. The van der Waals surface area contributed by atoms with Crippen LogP contribution in [0.4, 0.5) is 0 Å². The largest absolute Gasteiger partial charge is 0.496 e. The van der Waals surface area contributed by atoms with Crippen molar-refractivity contribution in [3.8, 4) is 5.75 Å². The third kappa shape index (κ3) is 5.33. The molecule has 3 aromatic carbocycles. The van der Waals surface area contributed by atoms with Gasteiger partial charge in [0.1, 0.15) is 11.8 Å². The molecule has 2 aromatic heterocycles. The number of benzene rings is 3. The van der Waals surface area contributed by atoms with Crippen LogP contribution >= 0.6 is 11.3 Å². The van der Waals surface area contributed by atoms with Crippen LogP contribution in [0.1, 0.15) is 49.4 Å². The Balaban J connectivity index is 1.10. The molecule has 9 nitrogen and oxygen atoms in total. The van der Waals surface area contributed by atoms with Crippen LogP contribution in [0.25, 0.3) is 21.7 Å². The predicted octanol–water partition coefficient (Wildman–Crippen LogP) is 4.81. The van der Waals surface area contributed by atoms with Crippen LogP contribution in [0.5, 0.6) is 5.75 Å². The molecule has 0 saturated heterocycles. The fourth-order valence-corrected chi connectivity index (χ4v) is 6.54. The summed E-state index contributed by atoms with van der Waals surface area (Å²) in [6, 6.07) is 18.4. The average Bonchev–Trinajstić information content (AvgIpc) is 3.68. The van der Waals surface area contributed by atoms with Crippen LogP contribution < -0.4 is 15.4 Å². The highest BCUT2D eigenvalue weighted by Gasteiger charge is 2.29. The second kappa shape index (κ2) is 11.7. The van der Waals surface area contributed by atoms with Crippen molar-refractivity contribution in [2.75, 3.05) is 13.7 Å². The van der Waals surface area contributed by atoms with E-state index in [0.29, 0.717) is 42.9 Å². The molecule has 0 bridgehead atoms. The molecule has 1 aliphatic rings. The van der Waals surface area contributed by atoms with Crippen molar-refractivity contribution < 1.29 is 19.1 Å². The van der Waals surface area contributed by atoms with Gasteiger partial charge in [0.25, 0.3) is 11.8 Å². The van der Waals surface area contributed by atoms with Gasteiger partial charge in [0.05, 0.1) is 23.7 Å². The summed E-state index contributed by atoms with van der Waals surface area (Å²) in [5.74, 6) is 0.242. The van der Waals surface area contributed by atoms with Gasteiger partial charge in [0.15, 0.2) is 0 Å². The van der Waals surface area contributed by atoms with Crippen LogP contribution in [0.2, 0.25) is 0 Å². The molecule has 0 fully saturated rings. The first-order chi connectivity index (χ1) is 20.4. The average molecular weight is 582 g/mol. The van der Waals surface area contributed by atoms with Crippen LogP contribution in [0.15, 0.2) is 66.9 Å². The van der Waals surface area contributed by atoms with E-state index >= 15 is 0 Å². The highest BCUT2D eigenvalue weighted by Crippen LogP contribution is 2.30. The Labute approximate surface area is 246 Å². The minimum absolute atomic E-state index is 0.121. The fourth-order valence-electron chi connectivity index (χ4n) is 5.46. The maximum Gasteiger partial charge on any atom is 0.261 e. The Morgan fingerprint density at radius 2 is 1.90 bits per heavy atom. The second-order valence-electron chi connectivity index (χ2n) is 10.3. The first-order valence-corrected chi connectivity index (χ1v) is 14.7. The molecule has 0 aliphatic carbocycles. The first-order valence-electron chi connectivity index (χ1n) is 13.9. The van der Waals surface area contributed by atoms with Gasteiger partial charge < -0.3 is 20.3 Å². The van der Waals surface area contributed by atoms with Crippen LogP contribution in [-0.2, 0) is 24.3 Å². The number of thiophene rings is 1. The number of carbonyl (C=O) groups excluding carboxylic acids is 3. The number of aromatic nitrogens is 2. The third-order valence-corrected chi connectivity index (χ3v) is 8.98. The smallest absolute Gasteiger partial charge is 0.261 e. The lowest BCUT2D eigenvalue weighted by molar-refractivity contribution is -0.134. The van der Waals surface area contributed by atoms with E-state index < -0.39 is 6.04 Å². The van der Waals surface area contributed by atoms with Crippen LogP contribution in [0, 0.1) is 0 Å². The number of H-pyrrole nitrogens is 1. The zero-order valence-electron chi connectivity index (χ0n) is 23.4. The molecule has 1 aliphatic heterocycles. The Bertz CT molecular complexity index is 1810. The summed E-state index contributed by atoms with van der Waals surface area (Å²) in [4.78, 5) is 43.0. The van der Waals surface area contributed by atoms with Gasteiger partial charge in [-0.2, -0.15) is 5.10 Å². The van der Waals surface area contributed by atoms with Gasteiger partial charge in [-0.3, -0.25) is 19.5 Å². The number of aromatic amines is 1. The van der Waals surface area contributed by atoms with E-state index in [4.69, 9.17) is 4.74 Å². The van der Waals surface area contributed by atoms with Gasteiger partial charge in [0.2, 0.25) is 5.91 Å². The lowest BCUT2D eigenvalue weighted by Gasteiger charge is -2.30. The predicted molar refractivity (Wildman–Crippen MR) is 163 cm³/mol. The number of fused-ring (bicyclic) bond motifs is 3. The first kappa shape index (κ1) is 27.5. The number of rotatable bonds is 8. The van der Waals surface area contributed by atoms with Crippen molar-refractivity contribution in [3.63, 3.8) is 0 Å². The van der Waals surface area contributed by atoms with E-state index in [1.54, 1.807) is 36.4 Å². The molecule has 0 radical (unpaired) electrons. The van der Waals surface area contributed by atoms with Crippen molar-refractivity contribution in [1.82, 2.24) is 25.7 Å². The Morgan fingerprint density at radius 3 is 2.74 bits per heavy atom. The number of ether oxygens (including phenoxy) is 1. The van der Waals surface area contributed by atoms with Gasteiger partial charge in [-0.05, 0) is 59.7 Å². The molecule has 3 amide bonds. The van der Waals surface area contributed by atoms with Crippen molar-refractivity contribution in [1.29, 1.82) is 0 Å². The number of nitrogens with one attached hydrogen (secondary N) is 3. The molecular formula is C32H31N5O4S. The van der Waals surface area contributed by atoms with Crippen molar-refractivity contribution in [3.05, 3.63) is 93.3 Å². The minimum Gasteiger partial charge on any atom is -0.496 e. The molecule has 0 saturated carbocycles. The van der Waals surface area contributed by atoms with Crippen LogP contribution in [-0.4, -0.2) is 52.5 Å². The summed E-state index contributed by atoms with van der Waals surface area (Å²) in [6.07, 6.45) is 2.80. The van der Waals surface area contributed by atoms with Crippen molar-refractivity contribution in [2.45, 2.75) is 38.9 Å². The number of methoxy groups -OCH3 is 1. The summed E-state index contributed by atoms with van der Waals surface area (Å²) >= 11 is 1.48. The zero-order valence-corrected chi connectivity index (χ0v) is 24.2. The maximum absolute atomic E-state index is 13.4. The summed E-state index contributed by atoms with van der Waals surface area (Å²) in [6.45, 7) is 3.23. The summed E-state index contributed by atoms with van der Waals surface area (Å²) in [5, 5.41) is 15.7. The molecule has 10 heteroatoms. The number of nitrogens with zero attached hydrogens (tertiary/aromatic N) is 2. The molecule has 1 atom stereocenters. The number of amides is 3. The maximum atomic E-state index is 13.4. The molecule has 3 heterocycles. The van der Waals surface area contributed by atoms with E-state index in [1.807, 2.05) is 49.4 Å².